The van der Waals surface area contributed by atoms with E-state index in [1.165, 1.54) is 0 Å². The Labute approximate surface area is 123 Å². The van der Waals surface area contributed by atoms with Crippen LogP contribution in [0.4, 0.5) is 5.95 Å². The van der Waals surface area contributed by atoms with Crippen LogP contribution in [0.5, 0.6) is 0 Å². The molecule has 0 saturated carbocycles. The highest BCUT2D eigenvalue weighted by molar-refractivity contribution is 5.36. The van der Waals surface area contributed by atoms with Crippen LogP contribution in [0, 0.1) is 6.92 Å². The normalized spacial score (nSPS) is 23.4. The van der Waals surface area contributed by atoms with E-state index in [1.54, 1.807) is 0 Å². The topological polar surface area (TPSA) is 41.1 Å². The average Bonchev–Trinajstić information content (AvgIpc) is 2.45. The van der Waals surface area contributed by atoms with Crippen molar-refractivity contribution < 1.29 is 0 Å². The molecular weight excluding hydrogens is 248 g/mol. The van der Waals surface area contributed by atoms with Crippen molar-refractivity contribution in [2.24, 2.45) is 0 Å². The Morgan fingerprint density at radius 2 is 2.05 bits per heavy atom. The number of nitrogens with one attached hydrogen (secondary N) is 1. The highest BCUT2D eigenvalue weighted by Crippen LogP contribution is 2.22. The SMILES string of the molecule is CCC1CN(c2nc(C)cc(C(C)C)n2)C(CC)CN1. The molecule has 2 unspecified atom stereocenters. The van der Waals surface area contributed by atoms with Crippen LogP contribution in [0.15, 0.2) is 6.07 Å². The van der Waals surface area contributed by atoms with Gasteiger partial charge in [-0.1, -0.05) is 27.7 Å². The van der Waals surface area contributed by atoms with Gasteiger partial charge in [-0.25, -0.2) is 9.97 Å². The number of hydrogen-bond donors (Lipinski definition) is 1. The van der Waals surface area contributed by atoms with Crippen molar-refractivity contribution in [3.05, 3.63) is 17.5 Å². The second-order valence-corrected chi connectivity index (χ2v) is 6.12. The fourth-order valence-electron chi connectivity index (χ4n) is 2.75. The summed E-state index contributed by atoms with van der Waals surface area (Å²) in [5, 5.41) is 3.62. The van der Waals surface area contributed by atoms with E-state index in [-0.39, 0.29) is 0 Å². The van der Waals surface area contributed by atoms with Gasteiger partial charge in [0.1, 0.15) is 0 Å². The quantitative estimate of drug-likeness (QED) is 0.918. The van der Waals surface area contributed by atoms with Crippen molar-refractivity contribution in [3.8, 4) is 0 Å². The molecule has 2 atom stereocenters. The van der Waals surface area contributed by atoms with Crippen molar-refractivity contribution in [2.75, 3.05) is 18.0 Å². The molecule has 0 radical (unpaired) electrons. The summed E-state index contributed by atoms with van der Waals surface area (Å²) in [6.07, 6.45) is 2.27. The summed E-state index contributed by atoms with van der Waals surface area (Å²) in [5.74, 6) is 1.36. The van der Waals surface area contributed by atoms with E-state index in [4.69, 9.17) is 9.97 Å². The monoisotopic (exact) mass is 276 g/mol. The lowest BCUT2D eigenvalue weighted by atomic mass is 10.1. The molecule has 1 aliphatic rings. The summed E-state index contributed by atoms with van der Waals surface area (Å²) < 4.78 is 0. The Balaban J connectivity index is 2.31. The van der Waals surface area contributed by atoms with Crippen LogP contribution in [0.3, 0.4) is 0 Å². The van der Waals surface area contributed by atoms with Crippen LogP contribution in [-0.4, -0.2) is 35.1 Å². The number of aryl methyl sites for hydroxylation is 1. The molecule has 4 heteroatoms. The lowest BCUT2D eigenvalue weighted by Crippen LogP contribution is -2.56. The van der Waals surface area contributed by atoms with Gasteiger partial charge in [0.25, 0.3) is 0 Å². The summed E-state index contributed by atoms with van der Waals surface area (Å²) in [7, 11) is 0. The van der Waals surface area contributed by atoms with Gasteiger partial charge in [-0.2, -0.15) is 0 Å². The largest absolute Gasteiger partial charge is 0.335 e. The molecule has 0 aromatic carbocycles. The minimum atomic E-state index is 0.445. The zero-order valence-corrected chi connectivity index (χ0v) is 13.5. The van der Waals surface area contributed by atoms with Crippen LogP contribution >= 0.6 is 0 Å². The Morgan fingerprint density at radius 3 is 2.65 bits per heavy atom. The fraction of sp³-hybridized carbons (Fsp3) is 0.750. The summed E-state index contributed by atoms with van der Waals surface area (Å²) in [6.45, 7) is 13.0. The first-order valence-corrected chi connectivity index (χ1v) is 7.90. The van der Waals surface area contributed by atoms with Gasteiger partial charge in [-0.15, -0.1) is 0 Å². The Morgan fingerprint density at radius 1 is 1.30 bits per heavy atom. The van der Waals surface area contributed by atoms with Crippen molar-refractivity contribution >= 4 is 5.95 Å². The molecule has 0 bridgehead atoms. The van der Waals surface area contributed by atoms with E-state index in [0.717, 1.165) is 43.3 Å². The van der Waals surface area contributed by atoms with Crippen LogP contribution < -0.4 is 10.2 Å². The second-order valence-electron chi connectivity index (χ2n) is 6.12. The Hall–Kier alpha value is -1.16. The molecule has 20 heavy (non-hydrogen) atoms. The van der Waals surface area contributed by atoms with Gasteiger partial charge in [0.05, 0.1) is 0 Å². The van der Waals surface area contributed by atoms with Gasteiger partial charge in [0.15, 0.2) is 0 Å². The van der Waals surface area contributed by atoms with Gasteiger partial charge in [-0.05, 0) is 31.7 Å². The molecule has 0 amide bonds. The van der Waals surface area contributed by atoms with Gasteiger partial charge in [-0.3, -0.25) is 0 Å². The third kappa shape index (κ3) is 3.29. The first-order valence-electron chi connectivity index (χ1n) is 7.90. The molecular formula is C16H28N4. The molecule has 1 aromatic heterocycles. The van der Waals surface area contributed by atoms with Gasteiger partial charge < -0.3 is 10.2 Å². The van der Waals surface area contributed by atoms with Crippen molar-refractivity contribution in [1.82, 2.24) is 15.3 Å². The fourth-order valence-corrected chi connectivity index (χ4v) is 2.75. The van der Waals surface area contributed by atoms with Crippen LogP contribution in [-0.2, 0) is 0 Å². The van der Waals surface area contributed by atoms with Gasteiger partial charge in [0, 0.05) is 36.6 Å². The average molecular weight is 276 g/mol. The third-order valence-corrected chi connectivity index (χ3v) is 4.17. The number of hydrogen-bond acceptors (Lipinski definition) is 4. The summed E-state index contributed by atoms with van der Waals surface area (Å²) in [5.41, 5.74) is 2.22. The number of aromatic nitrogens is 2. The lowest BCUT2D eigenvalue weighted by molar-refractivity contribution is 0.374. The first-order chi connectivity index (χ1) is 9.55. The number of piperazine rings is 1. The molecule has 0 aliphatic carbocycles. The summed E-state index contributed by atoms with van der Waals surface area (Å²) in [4.78, 5) is 11.9. The molecule has 1 fully saturated rings. The van der Waals surface area contributed by atoms with Crippen molar-refractivity contribution in [2.45, 2.75) is 65.5 Å². The van der Waals surface area contributed by atoms with Gasteiger partial charge in [0.2, 0.25) is 5.95 Å². The highest BCUT2D eigenvalue weighted by atomic mass is 15.3. The van der Waals surface area contributed by atoms with E-state index >= 15 is 0 Å². The van der Waals surface area contributed by atoms with Crippen LogP contribution in [0.1, 0.15) is 57.8 Å². The molecule has 0 spiro atoms. The third-order valence-electron chi connectivity index (χ3n) is 4.17. The maximum Gasteiger partial charge on any atom is 0.226 e. The minimum absolute atomic E-state index is 0.445. The number of anilines is 1. The maximum atomic E-state index is 4.81. The predicted octanol–water partition coefficient (Wildman–Crippen LogP) is 2.88. The van der Waals surface area contributed by atoms with Crippen molar-refractivity contribution in [1.29, 1.82) is 0 Å². The first kappa shape index (κ1) is 15.2. The number of nitrogens with zero attached hydrogens (tertiary/aromatic N) is 3. The standard InChI is InChI=1S/C16H28N4/c1-6-13-10-20(14(7-2)9-17-13)16-18-12(5)8-15(19-16)11(3)4/h8,11,13-14,17H,6-7,9-10H2,1-5H3. The zero-order chi connectivity index (χ0) is 14.7. The molecule has 2 heterocycles. The maximum absolute atomic E-state index is 4.81. The van der Waals surface area contributed by atoms with E-state index in [1.807, 2.05) is 0 Å². The van der Waals surface area contributed by atoms with E-state index < -0.39 is 0 Å². The molecule has 112 valence electrons. The zero-order valence-electron chi connectivity index (χ0n) is 13.5. The second kappa shape index (κ2) is 6.53. The molecule has 1 saturated heterocycles. The number of rotatable bonds is 4. The smallest absolute Gasteiger partial charge is 0.226 e. The van der Waals surface area contributed by atoms with E-state index in [9.17, 15) is 0 Å². The van der Waals surface area contributed by atoms with E-state index in [0.29, 0.717) is 18.0 Å². The van der Waals surface area contributed by atoms with Crippen LogP contribution in [0.25, 0.3) is 0 Å². The molecule has 1 aromatic rings. The van der Waals surface area contributed by atoms with Gasteiger partial charge >= 0.3 is 0 Å². The lowest BCUT2D eigenvalue weighted by Gasteiger charge is -2.40. The molecule has 2 rings (SSSR count). The van der Waals surface area contributed by atoms with E-state index in [2.05, 4.69) is 50.9 Å². The van der Waals surface area contributed by atoms with Crippen LogP contribution in [0.2, 0.25) is 0 Å². The molecule has 1 aliphatic heterocycles. The molecule has 4 nitrogen and oxygen atoms in total. The summed E-state index contributed by atoms with van der Waals surface area (Å²) in [6, 6.07) is 3.15. The Kier molecular flexibility index (Phi) is 4.97. The molecule has 1 N–H and O–H groups in total. The Bertz CT molecular complexity index is 444. The summed E-state index contributed by atoms with van der Waals surface area (Å²) >= 11 is 0. The predicted molar refractivity (Wildman–Crippen MR) is 84.4 cm³/mol. The van der Waals surface area contributed by atoms with Crippen molar-refractivity contribution in [3.63, 3.8) is 0 Å². The minimum Gasteiger partial charge on any atom is -0.335 e. The highest BCUT2D eigenvalue weighted by Gasteiger charge is 2.28.